The number of hydrogen-bond acceptors (Lipinski definition) is 8. The van der Waals surface area contributed by atoms with E-state index in [1.54, 1.807) is 24.3 Å². The number of nitrogens with zero attached hydrogens (tertiary/aromatic N) is 1. The van der Waals surface area contributed by atoms with E-state index < -0.39 is 51.2 Å². The van der Waals surface area contributed by atoms with Crippen LogP contribution in [0.2, 0.25) is 0 Å². The van der Waals surface area contributed by atoms with Gasteiger partial charge in [0.2, 0.25) is 11.8 Å². The normalized spacial score (nSPS) is 13.8. The smallest absolute Gasteiger partial charge is 0.411 e. The molecule has 0 bridgehead atoms. The number of benzene rings is 3. The largest absolute Gasteiger partial charge is 0.453 e. The van der Waals surface area contributed by atoms with Crippen LogP contribution >= 0.6 is 11.3 Å². The highest BCUT2D eigenvalue weighted by Crippen LogP contribution is 2.37. The molecular weight excluding hydrogens is 590 g/mol. The average molecular weight is 615 g/mol. The first-order valence-corrected chi connectivity index (χ1v) is 15.0. The van der Waals surface area contributed by atoms with Crippen LogP contribution in [0.4, 0.5) is 19.3 Å². The maximum Gasteiger partial charge on any atom is 0.411 e. The molecule has 1 saturated carbocycles. The summed E-state index contributed by atoms with van der Waals surface area (Å²) in [5, 5.41) is 5.53. The maximum atomic E-state index is 15.2. The number of thiazole rings is 1. The molecule has 1 fully saturated rings. The second-order valence-electron chi connectivity index (χ2n) is 9.48. The minimum Gasteiger partial charge on any atom is -0.453 e. The highest BCUT2D eigenvalue weighted by atomic mass is 32.2. The standard InChI is InChI=1S/C28H24F2N4O6S2/c1-40-28(37)33-18-6-2-15(3-7-18)20-12-23-22(13-21(20)30)34-27(41-23)25(26(36)31-14-24(35)32-17-8-9-17)42(38,39)19-10-4-16(29)5-11-19/h2-7,10-13,17,25H,8-9,14H2,1H3,(H,31,36)(H,32,35)(H,33,37). The number of carbonyl (C=O) groups is 3. The van der Waals surface area contributed by atoms with Gasteiger partial charge < -0.3 is 15.4 Å². The quantitative estimate of drug-likeness (QED) is 0.238. The van der Waals surface area contributed by atoms with Gasteiger partial charge in [0.05, 0.1) is 28.8 Å². The highest BCUT2D eigenvalue weighted by Gasteiger charge is 2.39. The Bertz CT molecular complexity index is 1770. The minimum atomic E-state index is -4.47. The van der Waals surface area contributed by atoms with Crippen LogP contribution in [0.25, 0.3) is 21.3 Å². The average Bonchev–Trinajstić information content (AvgIpc) is 3.69. The molecule has 0 spiro atoms. The third-order valence-electron chi connectivity index (χ3n) is 6.40. The Morgan fingerprint density at radius 1 is 1.05 bits per heavy atom. The van der Waals surface area contributed by atoms with Crippen LogP contribution in [-0.2, 0) is 24.2 Å². The lowest BCUT2D eigenvalue weighted by Crippen LogP contribution is -2.41. The molecule has 0 saturated heterocycles. The zero-order valence-corrected chi connectivity index (χ0v) is 23.7. The van der Waals surface area contributed by atoms with E-state index in [0.717, 1.165) is 54.5 Å². The van der Waals surface area contributed by atoms with Crippen molar-refractivity contribution in [3.63, 3.8) is 0 Å². The second kappa shape index (κ2) is 11.8. The fourth-order valence-electron chi connectivity index (χ4n) is 4.11. The number of rotatable bonds is 9. The molecule has 1 heterocycles. The van der Waals surface area contributed by atoms with Gasteiger partial charge in [-0.1, -0.05) is 12.1 Å². The molecule has 3 amide bonds. The molecule has 1 aliphatic carbocycles. The minimum absolute atomic E-state index is 0.0433. The van der Waals surface area contributed by atoms with Gasteiger partial charge in [0, 0.05) is 23.4 Å². The van der Waals surface area contributed by atoms with Gasteiger partial charge in [0.25, 0.3) is 0 Å². The van der Waals surface area contributed by atoms with Gasteiger partial charge in [0.1, 0.15) is 16.6 Å². The molecule has 0 radical (unpaired) electrons. The predicted molar refractivity (Wildman–Crippen MR) is 152 cm³/mol. The molecule has 3 aromatic carbocycles. The molecule has 1 aliphatic rings. The van der Waals surface area contributed by atoms with Gasteiger partial charge in [-0.15, -0.1) is 11.3 Å². The van der Waals surface area contributed by atoms with E-state index in [1.807, 2.05) is 0 Å². The number of methoxy groups -OCH3 is 1. The Kier molecular flexibility index (Phi) is 8.18. The molecular formula is C28H24F2N4O6S2. The summed E-state index contributed by atoms with van der Waals surface area (Å²) in [6.45, 7) is -0.449. The van der Waals surface area contributed by atoms with Gasteiger partial charge >= 0.3 is 6.09 Å². The van der Waals surface area contributed by atoms with Crippen LogP contribution < -0.4 is 16.0 Å². The summed E-state index contributed by atoms with van der Waals surface area (Å²) < 4.78 is 61.0. The number of nitrogens with one attached hydrogen (secondary N) is 3. The van der Waals surface area contributed by atoms with E-state index >= 15 is 4.39 Å². The first-order chi connectivity index (χ1) is 20.0. The second-order valence-corrected chi connectivity index (χ2v) is 12.6. The van der Waals surface area contributed by atoms with Crippen molar-refractivity contribution in [2.24, 2.45) is 0 Å². The molecule has 218 valence electrons. The van der Waals surface area contributed by atoms with Crippen molar-refractivity contribution in [2.75, 3.05) is 19.0 Å². The Balaban J connectivity index is 1.49. The topological polar surface area (TPSA) is 144 Å². The summed E-state index contributed by atoms with van der Waals surface area (Å²) in [7, 11) is -3.24. The van der Waals surface area contributed by atoms with Gasteiger partial charge in [0.15, 0.2) is 15.1 Å². The Morgan fingerprint density at radius 3 is 2.38 bits per heavy atom. The van der Waals surface area contributed by atoms with Crippen LogP contribution in [0, 0.1) is 11.6 Å². The number of halogens is 2. The number of fused-ring (bicyclic) bond motifs is 1. The summed E-state index contributed by atoms with van der Waals surface area (Å²) in [6, 6.07) is 12.9. The predicted octanol–water partition coefficient (Wildman–Crippen LogP) is 4.33. The molecule has 14 heteroatoms. The van der Waals surface area contributed by atoms with Gasteiger partial charge in [-0.05, 0) is 60.9 Å². The zero-order chi connectivity index (χ0) is 30.0. The van der Waals surface area contributed by atoms with Crippen LogP contribution in [0.3, 0.4) is 0 Å². The van der Waals surface area contributed by atoms with E-state index in [-0.39, 0.29) is 27.0 Å². The monoisotopic (exact) mass is 614 g/mol. The molecule has 0 aliphatic heterocycles. The van der Waals surface area contributed by atoms with Crippen molar-refractivity contribution < 1.29 is 36.3 Å². The molecule has 1 atom stereocenters. The van der Waals surface area contributed by atoms with Crippen molar-refractivity contribution in [1.29, 1.82) is 0 Å². The van der Waals surface area contributed by atoms with Crippen LogP contribution in [-0.4, -0.2) is 51.0 Å². The van der Waals surface area contributed by atoms with Crippen molar-refractivity contribution >= 4 is 55.0 Å². The number of amides is 3. The lowest BCUT2D eigenvalue weighted by molar-refractivity contribution is -0.126. The van der Waals surface area contributed by atoms with Crippen LogP contribution in [0.5, 0.6) is 0 Å². The van der Waals surface area contributed by atoms with E-state index in [9.17, 15) is 27.2 Å². The molecule has 42 heavy (non-hydrogen) atoms. The van der Waals surface area contributed by atoms with E-state index in [2.05, 4.69) is 25.7 Å². The molecule has 5 rings (SSSR count). The first-order valence-electron chi connectivity index (χ1n) is 12.7. The lowest BCUT2D eigenvalue weighted by Gasteiger charge is -2.16. The van der Waals surface area contributed by atoms with Gasteiger partial charge in [-0.25, -0.2) is 27.0 Å². The number of hydrogen-bond donors (Lipinski definition) is 3. The first kappa shape index (κ1) is 29.1. The third-order valence-corrected chi connectivity index (χ3v) is 9.62. The Morgan fingerprint density at radius 2 is 1.74 bits per heavy atom. The summed E-state index contributed by atoms with van der Waals surface area (Å²) in [5.41, 5.74) is 1.20. The van der Waals surface area contributed by atoms with E-state index in [4.69, 9.17) is 0 Å². The Hall–Kier alpha value is -4.43. The molecule has 3 N–H and O–H groups in total. The van der Waals surface area contributed by atoms with Crippen molar-refractivity contribution in [3.8, 4) is 11.1 Å². The third kappa shape index (κ3) is 6.39. The van der Waals surface area contributed by atoms with E-state index in [1.165, 1.54) is 13.2 Å². The highest BCUT2D eigenvalue weighted by molar-refractivity contribution is 7.92. The van der Waals surface area contributed by atoms with Crippen molar-refractivity contribution in [3.05, 3.63) is 77.3 Å². The van der Waals surface area contributed by atoms with Crippen LogP contribution in [0.1, 0.15) is 23.1 Å². The fourth-order valence-corrected chi connectivity index (χ4v) is 7.08. The summed E-state index contributed by atoms with van der Waals surface area (Å²) in [4.78, 5) is 40.9. The SMILES string of the molecule is COC(=O)Nc1ccc(-c2cc3sc(C(C(=O)NCC(=O)NC4CC4)S(=O)(=O)c4ccc(F)cc4)nc3cc2F)cc1. The van der Waals surface area contributed by atoms with Gasteiger partial charge in [-0.2, -0.15) is 0 Å². The summed E-state index contributed by atoms with van der Waals surface area (Å²) >= 11 is 0.879. The van der Waals surface area contributed by atoms with E-state index in [0.29, 0.717) is 16.0 Å². The Labute approximate surface area is 243 Å². The summed E-state index contributed by atoms with van der Waals surface area (Å²) in [6.07, 6.45) is 1.00. The molecule has 1 aromatic heterocycles. The molecule has 1 unspecified atom stereocenters. The fraction of sp³-hybridized carbons (Fsp3) is 0.214. The number of aromatic nitrogens is 1. The lowest BCUT2D eigenvalue weighted by atomic mass is 10.0. The molecule has 4 aromatic rings. The zero-order valence-electron chi connectivity index (χ0n) is 22.0. The summed E-state index contributed by atoms with van der Waals surface area (Å²) in [5.74, 6) is -2.78. The van der Waals surface area contributed by atoms with Gasteiger partial charge in [-0.3, -0.25) is 14.9 Å². The van der Waals surface area contributed by atoms with Crippen LogP contribution in [0.15, 0.2) is 65.6 Å². The van der Waals surface area contributed by atoms with Crippen molar-refractivity contribution in [1.82, 2.24) is 15.6 Å². The number of sulfone groups is 1. The number of ether oxygens (including phenoxy) is 1. The number of anilines is 1. The molecule has 10 nitrogen and oxygen atoms in total. The van der Waals surface area contributed by atoms with Crippen molar-refractivity contribution in [2.45, 2.75) is 29.0 Å². The number of carbonyl (C=O) groups excluding carboxylic acids is 3. The maximum absolute atomic E-state index is 15.2.